The van der Waals surface area contributed by atoms with Gasteiger partial charge < -0.3 is 9.47 Å². The predicted molar refractivity (Wildman–Crippen MR) is 132 cm³/mol. The second-order valence-corrected chi connectivity index (χ2v) is 9.50. The Labute approximate surface area is 203 Å². The van der Waals surface area contributed by atoms with Crippen molar-refractivity contribution in [2.45, 2.75) is 11.8 Å². The topological polar surface area (TPSA) is 97.3 Å². The highest BCUT2D eigenvalue weighted by Gasteiger charge is 2.27. The number of ether oxygens (including phenoxy) is 2. The van der Waals surface area contributed by atoms with Crippen molar-refractivity contribution >= 4 is 39.4 Å². The molecule has 0 aliphatic heterocycles. The molecule has 0 saturated carbocycles. The number of benzene rings is 3. The lowest BCUT2D eigenvalue weighted by Crippen LogP contribution is -2.39. The van der Waals surface area contributed by atoms with E-state index in [0.717, 1.165) is 9.87 Å². The highest BCUT2D eigenvalue weighted by Crippen LogP contribution is 2.26. The van der Waals surface area contributed by atoms with E-state index in [2.05, 4.69) is 10.5 Å². The number of halogens is 1. The summed E-state index contributed by atoms with van der Waals surface area (Å²) in [6, 6.07) is 17.8. The highest BCUT2D eigenvalue weighted by molar-refractivity contribution is 7.92. The molecule has 178 valence electrons. The lowest BCUT2D eigenvalue weighted by atomic mass is 10.2. The predicted octanol–water partition coefficient (Wildman–Crippen LogP) is 4.01. The monoisotopic (exact) mass is 501 g/mol. The Morgan fingerprint density at radius 3 is 2.44 bits per heavy atom. The van der Waals surface area contributed by atoms with Gasteiger partial charge >= 0.3 is 0 Å². The van der Waals surface area contributed by atoms with Crippen molar-refractivity contribution in [3.8, 4) is 11.5 Å². The van der Waals surface area contributed by atoms with Crippen molar-refractivity contribution in [3.05, 3.63) is 82.9 Å². The van der Waals surface area contributed by atoms with Crippen LogP contribution in [0.5, 0.6) is 11.5 Å². The van der Waals surface area contributed by atoms with Crippen LogP contribution in [0.1, 0.15) is 11.1 Å². The lowest BCUT2D eigenvalue weighted by Gasteiger charge is -2.24. The summed E-state index contributed by atoms with van der Waals surface area (Å²) in [6.45, 7) is 1.34. The molecule has 0 unspecified atom stereocenters. The van der Waals surface area contributed by atoms with Crippen LogP contribution in [-0.4, -0.2) is 41.3 Å². The number of anilines is 1. The summed E-state index contributed by atoms with van der Waals surface area (Å²) < 4.78 is 38.2. The molecule has 0 aliphatic rings. The molecule has 0 heterocycles. The molecular weight excluding hydrogens is 478 g/mol. The Hall–Kier alpha value is -3.56. The van der Waals surface area contributed by atoms with Gasteiger partial charge in [0.25, 0.3) is 15.9 Å². The molecule has 1 amide bonds. The Balaban J connectivity index is 1.85. The smallest absolute Gasteiger partial charge is 0.264 e. The Kier molecular flexibility index (Phi) is 8.14. The van der Waals surface area contributed by atoms with Gasteiger partial charge in [0.1, 0.15) is 18.0 Å². The number of hydrogen-bond acceptors (Lipinski definition) is 6. The minimum absolute atomic E-state index is 0.0514. The van der Waals surface area contributed by atoms with Gasteiger partial charge in [0, 0.05) is 10.6 Å². The van der Waals surface area contributed by atoms with Crippen molar-refractivity contribution in [1.29, 1.82) is 0 Å². The maximum Gasteiger partial charge on any atom is 0.264 e. The number of hydrogen-bond donors (Lipinski definition) is 1. The number of aryl methyl sites for hydroxylation is 1. The van der Waals surface area contributed by atoms with Gasteiger partial charge in [0.05, 0.1) is 31.0 Å². The molecular formula is C24H24ClN3O5S. The largest absolute Gasteiger partial charge is 0.497 e. The molecule has 3 aromatic rings. The zero-order valence-corrected chi connectivity index (χ0v) is 20.4. The van der Waals surface area contributed by atoms with Gasteiger partial charge in [-0.1, -0.05) is 35.4 Å². The summed E-state index contributed by atoms with van der Waals surface area (Å²) in [5, 5.41) is 4.29. The van der Waals surface area contributed by atoms with Crippen LogP contribution in [0.25, 0.3) is 0 Å². The molecule has 34 heavy (non-hydrogen) atoms. The summed E-state index contributed by atoms with van der Waals surface area (Å²) in [5.74, 6) is 0.472. The maximum absolute atomic E-state index is 13.4. The quantitative estimate of drug-likeness (QED) is 0.353. The first kappa shape index (κ1) is 25.1. The van der Waals surface area contributed by atoms with Crippen LogP contribution < -0.4 is 19.2 Å². The molecule has 0 spiro atoms. The minimum atomic E-state index is -4.05. The van der Waals surface area contributed by atoms with Crippen LogP contribution in [0.3, 0.4) is 0 Å². The fourth-order valence-electron chi connectivity index (χ4n) is 3.06. The fraction of sp³-hybridized carbons (Fsp3) is 0.167. The molecule has 0 radical (unpaired) electrons. The van der Waals surface area contributed by atoms with Crippen LogP contribution >= 0.6 is 11.6 Å². The van der Waals surface area contributed by atoms with Crippen molar-refractivity contribution in [2.75, 3.05) is 25.1 Å². The first-order chi connectivity index (χ1) is 16.2. The third kappa shape index (κ3) is 6.06. The SMILES string of the molecule is COc1ccc(OC)c(/C=N\NC(=O)CN(c2cccc(Cl)c2)S(=O)(=O)c2ccc(C)cc2)c1. The van der Waals surface area contributed by atoms with E-state index in [9.17, 15) is 13.2 Å². The van der Waals surface area contributed by atoms with E-state index in [4.69, 9.17) is 21.1 Å². The summed E-state index contributed by atoms with van der Waals surface area (Å²) in [7, 11) is -1.01. The van der Waals surface area contributed by atoms with E-state index in [0.29, 0.717) is 22.1 Å². The molecule has 0 fully saturated rings. The number of amides is 1. The third-order valence-electron chi connectivity index (χ3n) is 4.82. The normalized spacial score (nSPS) is 11.3. The van der Waals surface area contributed by atoms with Gasteiger partial charge in [-0.05, 0) is 55.5 Å². The van der Waals surface area contributed by atoms with Crippen molar-refractivity contribution in [1.82, 2.24) is 5.43 Å². The highest BCUT2D eigenvalue weighted by atomic mass is 35.5. The first-order valence-electron chi connectivity index (χ1n) is 10.1. The zero-order chi connectivity index (χ0) is 24.7. The second kappa shape index (κ2) is 11.0. The molecule has 0 atom stereocenters. The number of methoxy groups -OCH3 is 2. The van der Waals surface area contributed by atoms with E-state index < -0.39 is 22.5 Å². The van der Waals surface area contributed by atoms with Gasteiger partial charge in [-0.25, -0.2) is 13.8 Å². The van der Waals surface area contributed by atoms with Crippen LogP contribution in [0.2, 0.25) is 5.02 Å². The average Bonchev–Trinajstić information content (AvgIpc) is 2.82. The van der Waals surface area contributed by atoms with Crippen LogP contribution in [0.4, 0.5) is 5.69 Å². The number of carbonyl (C=O) groups excluding carboxylic acids is 1. The average molecular weight is 502 g/mol. The van der Waals surface area contributed by atoms with Crippen molar-refractivity contribution in [2.24, 2.45) is 5.10 Å². The fourth-order valence-corrected chi connectivity index (χ4v) is 4.66. The molecule has 10 heteroatoms. The van der Waals surface area contributed by atoms with E-state index in [1.54, 1.807) is 48.5 Å². The number of nitrogens with one attached hydrogen (secondary N) is 1. The number of nitrogens with zero attached hydrogens (tertiary/aromatic N) is 2. The summed E-state index contributed by atoms with van der Waals surface area (Å²) in [4.78, 5) is 12.7. The minimum Gasteiger partial charge on any atom is -0.497 e. The Morgan fingerprint density at radius 1 is 1.06 bits per heavy atom. The van der Waals surface area contributed by atoms with E-state index >= 15 is 0 Å². The number of hydrazone groups is 1. The van der Waals surface area contributed by atoms with Gasteiger partial charge in [-0.15, -0.1) is 0 Å². The number of sulfonamides is 1. The third-order valence-corrected chi connectivity index (χ3v) is 6.85. The van der Waals surface area contributed by atoms with Crippen molar-refractivity contribution < 1.29 is 22.7 Å². The molecule has 3 rings (SSSR count). The molecule has 1 N–H and O–H groups in total. The summed E-state index contributed by atoms with van der Waals surface area (Å²) >= 11 is 6.08. The van der Waals surface area contributed by atoms with Crippen LogP contribution in [0, 0.1) is 6.92 Å². The zero-order valence-electron chi connectivity index (χ0n) is 18.9. The molecule has 0 aromatic heterocycles. The molecule has 8 nitrogen and oxygen atoms in total. The standard InChI is InChI=1S/C24H24ClN3O5S/c1-17-7-10-22(11-8-17)34(30,31)28(20-6-4-5-19(25)14-20)16-24(29)27-26-15-18-13-21(32-2)9-12-23(18)33-3/h4-15H,16H2,1-3H3,(H,27,29)/b26-15-. The summed E-state index contributed by atoms with van der Waals surface area (Å²) in [6.07, 6.45) is 1.39. The van der Waals surface area contributed by atoms with Gasteiger partial charge in [-0.3, -0.25) is 9.10 Å². The van der Waals surface area contributed by atoms with E-state index in [1.165, 1.54) is 38.6 Å². The van der Waals surface area contributed by atoms with E-state index in [-0.39, 0.29) is 10.6 Å². The second-order valence-electron chi connectivity index (χ2n) is 7.21. The number of rotatable bonds is 9. The maximum atomic E-state index is 13.4. The van der Waals surface area contributed by atoms with Gasteiger partial charge in [0.15, 0.2) is 0 Å². The van der Waals surface area contributed by atoms with Gasteiger partial charge in [-0.2, -0.15) is 5.10 Å². The molecule has 3 aromatic carbocycles. The summed E-state index contributed by atoms with van der Waals surface area (Å²) in [5.41, 5.74) is 4.10. The van der Waals surface area contributed by atoms with Gasteiger partial charge in [0.2, 0.25) is 0 Å². The molecule has 0 bridgehead atoms. The number of carbonyl (C=O) groups is 1. The lowest BCUT2D eigenvalue weighted by molar-refractivity contribution is -0.119. The molecule has 0 aliphatic carbocycles. The van der Waals surface area contributed by atoms with Crippen LogP contribution in [0.15, 0.2) is 76.7 Å². The Morgan fingerprint density at radius 2 is 1.79 bits per heavy atom. The molecule has 0 saturated heterocycles. The Bertz CT molecular complexity index is 1290. The first-order valence-corrected chi connectivity index (χ1v) is 12.0. The van der Waals surface area contributed by atoms with Crippen LogP contribution in [-0.2, 0) is 14.8 Å². The van der Waals surface area contributed by atoms with Crippen molar-refractivity contribution in [3.63, 3.8) is 0 Å². The van der Waals surface area contributed by atoms with E-state index in [1.807, 2.05) is 6.92 Å².